The van der Waals surface area contributed by atoms with Crippen molar-refractivity contribution < 1.29 is 50.5 Å². The third-order valence-electron chi connectivity index (χ3n) is 5.46. The number of anilines is 1. The number of aromatic carboxylic acids is 1. The van der Waals surface area contributed by atoms with Gasteiger partial charge < -0.3 is 15.3 Å². The van der Waals surface area contributed by atoms with Gasteiger partial charge in [-0.3, -0.25) is 24.7 Å². The van der Waals surface area contributed by atoms with Gasteiger partial charge in [-0.15, -0.1) is 0 Å². The molecule has 0 aromatic heterocycles. The van der Waals surface area contributed by atoms with Crippen LogP contribution in [0.2, 0.25) is 0 Å². The van der Waals surface area contributed by atoms with Crippen LogP contribution < -0.4 is 27.8 Å². The molecule has 0 saturated heterocycles. The van der Waals surface area contributed by atoms with Crippen LogP contribution in [0.15, 0.2) is 56.7 Å². The highest BCUT2D eigenvalue weighted by Crippen LogP contribution is 2.45. The van der Waals surface area contributed by atoms with Gasteiger partial charge in [-0.25, -0.2) is 10.6 Å². The molecular weight excluding hydrogens is 532 g/mol. The van der Waals surface area contributed by atoms with E-state index < -0.39 is 69.9 Å². The van der Waals surface area contributed by atoms with E-state index in [-0.39, 0.29) is 27.6 Å². The third kappa shape index (κ3) is 4.28. The van der Waals surface area contributed by atoms with Crippen molar-refractivity contribution >= 4 is 48.8 Å². The molecule has 192 valence electrons. The lowest BCUT2D eigenvalue weighted by atomic mass is 9.89. The van der Waals surface area contributed by atoms with Crippen LogP contribution >= 0.6 is 0 Å². The molecule has 1 heterocycles. The van der Waals surface area contributed by atoms with Crippen LogP contribution in [0.1, 0.15) is 20.7 Å². The topological polar surface area (TPSA) is 266 Å². The second-order valence-corrected chi connectivity index (χ2v) is 10.4. The summed E-state index contributed by atoms with van der Waals surface area (Å²) < 4.78 is 74.1. The van der Waals surface area contributed by atoms with E-state index in [1.807, 2.05) is 5.43 Å². The van der Waals surface area contributed by atoms with Crippen molar-refractivity contribution in [3.63, 3.8) is 0 Å². The molecule has 0 radical (unpaired) electrons. The first-order valence-corrected chi connectivity index (χ1v) is 12.8. The number of hydrazine groups is 1. The summed E-state index contributed by atoms with van der Waals surface area (Å²) >= 11 is 0. The molecule has 0 atom stereocenters. The number of nitrogens with one attached hydrogen (secondary N) is 1. The molecule has 0 fully saturated rings. The Kier molecular flexibility index (Phi) is 6.01. The largest absolute Gasteiger partial charge is 0.478 e. The molecule has 0 unspecified atom stereocenters. The zero-order valence-electron chi connectivity index (χ0n) is 18.3. The minimum Gasteiger partial charge on any atom is -0.478 e. The van der Waals surface area contributed by atoms with Crippen molar-refractivity contribution in [3.8, 4) is 22.5 Å². The highest BCUT2D eigenvalue weighted by Gasteiger charge is 2.33. The molecule has 0 bridgehead atoms. The Morgan fingerprint density at radius 1 is 0.919 bits per heavy atom. The molecule has 37 heavy (non-hydrogen) atoms. The third-order valence-corrected chi connectivity index (χ3v) is 7.33. The number of carboxylic acids is 1. The first kappa shape index (κ1) is 25.7. The van der Waals surface area contributed by atoms with Crippen LogP contribution in [-0.2, 0) is 20.2 Å². The second-order valence-electron chi connectivity index (χ2n) is 7.69. The number of fused-ring (bicyclic) bond motifs is 2. The Hall–Kier alpha value is -4.35. The maximum atomic E-state index is 12.2. The minimum atomic E-state index is -5.08. The fourth-order valence-corrected chi connectivity index (χ4v) is 5.49. The van der Waals surface area contributed by atoms with Crippen molar-refractivity contribution in [2.75, 3.05) is 5.73 Å². The molecule has 16 heteroatoms. The average Bonchev–Trinajstić information content (AvgIpc) is 2.79. The normalized spacial score (nSPS) is 12.1. The van der Waals surface area contributed by atoms with Gasteiger partial charge in [-0.05, 0) is 35.9 Å². The first-order valence-electron chi connectivity index (χ1n) is 9.91. The Bertz CT molecular complexity index is 1900. The smallest absolute Gasteiger partial charge is 0.336 e. The van der Waals surface area contributed by atoms with Gasteiger partial charge in [0.25, 0.3) is 16.0 Å². The van der Waals surface area contributed by atoms with E-state index in [4.69, 9.17) is 21.4 Å². The van der Waals surface area contributed by atoms with Gasteiger partial charge in [0.05, 0.1) is 11.3 Å². The van der Waals surface area contributed by atoms with Crippen LogP contribution in [0.4, 0.5) is 5.69 Å². The zero-order valence-corrected chi connectivity index (χ0v) is 19.9. The van der Waals surface area contributed by atoms with Crippen molar-refractivity contribution in [2.45, 2.75) is 9.79 Å². The molecular formula is C21H17N4O10S2+. The lowest BCUT2D eigenvalue weighted by molar-refractivity contribution is -0.176. The van der Waals surface area contributed by atoms with Gasteiger partial charge in [0, 0.05) is 28.1 Å². The van der Waals surface area contributed by atoms with Crippen LogP contribution in [0, 0.1) is 0 Å². The summed E-state index contributed by atoms with van der Waals surface area (Å²) in [5.74, 6) is 2.15. The number of carbonyl (C=O) groups excluding carboxylic acids is 1. The number of amides is 1. The molecule has 4 rings (SSSR count). The fourth-order valence-electron chi connectivity index (χ4n) is 3.99. The lowest BCUT2D eigenvalue weighted by Crippen LogP contribution is -2.47. The maximum Gasteiger partial charge on any atom is 0.336 e. The molecule has 10 N–H and O–H groups in total. The van der Waals surface area contributed by atoms with Crippen molar-refractivity contribution in [1.29, 1.82) is 0 Å². The van der Waals surface area contributed by atoms with Gasteiger partial charge in [0.1, 0.15) is 0 Å². The van der Waals surface area contributed by atoms with Crippen LogP contribution in [0.3, 0.4) is 0 Å². The van der Waals surface area contributed by atoms with Gasteiger partial charge in [0.2, 0.25) is 10.3 Å². The number of rotatable bonds is 5. The Morgan fingerprint density at radius 2 is 1.54 bits per heavy atom. The SMILES string of the molecule is NNC(=O)c1ccc(-c2c3ccc(=[NH2+])c(S(=O)(=O)O)c-3oc3c(S(=O)(=O)O)c(N)ccc23)c(C(=O)O)c1. The summed E-state index contributed by atoms with van der Waals surface area (Å²) in [6.07, 6.45) is 0. The standard InChI is InChI=1S/C21H16N4O10S2/c22-13-5-3-10-15(9-2-1-8(20(26)25-24)7-12(9)21(27)28)11-4-6-14(23)19(37(32,33)34)17(11)35-16(10)18(13)36(29,30)31/h1-7,22H,23-24H2,(H,25,26)(H,27,28)(H,29,30,31)(H,32,33,34)/p+1. The summed E-state index contributed by atoms with van der Waals surface area (Å²) in [7, 11) is -10.2. The minimum absolute atomic E-state index is 0.0943. The molecule has 14 nitrogen and oxygen atoms in total. The molecule has 2 aromatic carbocycles. The Labute approximate surface area is 207 Å². The van der Waals surface area contributed by atoms with Crippen molar-refractivity contribution in [2.24, 2.45) is 5.84 Å². The van der Waals surface area contributed by atoms with Gasteiger partial charge in [-0.1, -0.05) is 6.07 Å². The predicted octanol–water partition coefficient (Wildman–Crippen LogP) is -0.758. The fraction of sp³-hybridized carbons (Fsp3) is 0. The van der Waals surface area contributed by atoms with E-state index in [2.05, 4.69) is 0 Å². The number of hydrogen-bond acceptors (Lipinski definition) is 9. The molecule has 2 aromatic rings. The quantitative estimate of drug-likeness (QED) is 0.0404. The number of carbonyl (C=O) groups is 2. The molecule has 0 spiro atoms. The van der Waals surface area contributed by atoms with Crippen molar-refractivity contribution in [1.82, 2.24) is 5.43 Å². The summed E-state index contributed by atoms with van der Waals surface area (Å²) in [5, 5.41) is 15.1. The van der Waals surface area contributed by atoms with E-state index >= 15 is 0 Å². The van der Waals surface area contributed by atoms with Gasteiger partial charge in [-0.2, -0.15) is 16.8 Å². The van der Waals surface area contributed by atoms with E-state index in [1.54, 1.807) is 0 Å². The molecule has 1 amide bonds. The predicted molar refractivity (Wildman–Crippen MR) is 126 cm³/mol. The Morgan fingerprint density at radius 3 is 2.11 bits per heavy atom. The van der Waals surface area contributed by atoms with Crippen LogP contribution in [-0.4, -0.2) is 42.9 Å². The van der Waals surface area contributed by atoms with Crippen LogP contribution in [0.5, 0.6) is 0 Å². The molecule has 2 aliphatic rings. The summed E-state index contributed by atoms with van der Waals surface area (Å²) in [6.45, 7) is 0. The second kappa shape index (κ2) is 8.64. The van der Waals surface area contributed by atoms with Gasteiger partial charge in [0.15, 0.2) is 16.2 Å². The van der Waals surface area contributed by atoms with Crippen molar-refractivity contribution in [3.05, 3.63) is 58.9 Å². The zero-order chi connectivity index (χ0) is 27.4. The Balaban J connectivity index is 2.34. The highest BCUT2D eigenvalue weighted by atomic mass is 32.2. The first-order chi connectivity index (χ1) is 17.2. The summed E-state index contributed by atoms with van der Waals surface area (Å²) in [6, 6.07) is 8.13. The number of carboxylic acid groups (broad SMARTS) is 1. The number of nitrogen functional groups attached to an aromatic ring is 2. The van der Waals surface area contributed by atoms with E-state index in [1.165, 1.54) is 24.3 Å². The molecule has 1 aliphatic heterocycles. The average molecular weight is 550 g/mol. The van der Waals surface area contributed by atoms with E-state index in [0.717, 1.165) is 18.2 Å². The van der Waals surface area contributed by atoms with Crippen LogP contribution in [0.25, 0.3) is 33.4 Å². The molecule has 0 saturated carbocycles. The number of hydrogen-bond donors (Lipinski definition) is 7. The lowest BCUT2D eigenvalue weighted by Gasteiger charge is -2.19. The number of benzene rings is 3. The monoisotopic (exact) mass is 549 g/mol. The molecule has 1 aliphatic carbocycles. The van der Waals surface area contributed by atoms with E-state index in [9.17, 15) is 40.6 Å². The summed E-state index contributed by atoms with van der Waals surface area (Å²) in [5.41, 5.74) is 5.57. The van der Waals surface area contributed by atoms with Gasteiger partial charge >= 0.3 is 16.1 Å². The number of nitrogens with two attached hydrogens (primary N) is 3. The maximum absolute atomic E-state index is 12.2. The summed E-state index contributed by atoms with van der Waals surface area (Å²) in [4.78, 5) is 22.3. The highest BCUT2D eigenvalue weighted by molar-refractivity contribution is 7.86. The van der Waals surface area contributed by atoms with E-state index in [0.29, 0.717) is 0 Å².